The molecule has 1 aromatic carbocycles. The highest BCUT2D eigenvalue weighted by molar-refractivity contribution is 7.14. The zero-order valence-corrected chi connectivity index (χ0v) is 14.7. The molecule has 25 heavy (non-hydrogen) atoms. The van der Waals surface area contributed by atoms with Gasteiger partial charge in [0.1, 0.15) is 24.0 Å². The van der Waals surface area contributed by atoms with Crippen LogP contribution in [0.1, 0.15) is 15.2 Å². The number of aromatic nitrogens is 1. The Kier molecular flexibility index (Phi) is 5.30. The van der Waals surface area contributed by atoms with E-state index in [1.165, 1.54) is 18.4 Å². The van der Waals surface area contributed by atoms with Crippen molar-refractivity contribution in [2.45, 2.75) is 13.0 Å². The van der Waals surface area contributed by atoms with E-state index in [4.69, 9.17) is 14.2 Å². The molecule has 0 bridgehead atoms. The molecule has 0 radical (unpaired) electrons. The van der Waals surface area contributed by atoms with E-state index in [-0.39, 0.29) is 25.2 Å². The summed E-state index contributed by atoms with van der Waals surface area (Å²) in [6.07, 6.45) is 1.78. The van der Waals surface area contributed by atoms with Crippen LogP contribution in [-0.2, 0) is 14.3 Å². The Balaban J connectivity index is 1.82. The number of esters is 1. The van der Waals surface area contributed by atoms with Gasteiger partial charge in [-0.1, -0.05) is 0 Å². The molecule has 1 N–H and O–H groups in total. The standard InChI is InChI=1S/C17H18N2O5S/c1-10-6-18-16(25-10)11-3-12(17(21)22-2)5-14(4-11)24-8-13-7-23-9-15(20)19-13/h3-6,13H,7-9H2,1-2H3,(H,19,20)/t13-/m1/s1. The van der Waals surface area contributed by atoms with Crippen molar-refractivity contribution in [2.75, 3.05) is 26.9 Å². The van der Waals surface area contributed by atoms with Gasteiger partial charge in [0.2, 0.25) is 5.91 Å². The SMILES string of the molecule is COC(=O)c1cc(OC[C@H]2COCC(=O)N2)cc(-c2ncc(C)s2)c1. The number of carbonyl (C=O) groups excluding carboxylic acids is 2. The summed E-state index contributed by atoms with van der Waals surface area (Å²) in [6, 6.07) is 4.92. The van der Waals surface area contributed by atoms with Gasteiger partial charge in [-0.3, -0.25) is 4.79 Å². The topological polar surface area (TPSA) is 86.8 Å². The van der Waals surface area contributed by atoms with Crippen molar-refractivity contribution in [2.24, 2.45) is 0 Å². The summed E-state index contributed by atoms with van der Waals surface area (Å²) in [5.74, 6) is -0.109. The molecule has 1 aliphatic heterocycles. The number of hydrogen-bond donors (Lipinski definition) is 1. The Morgan fingerprint density at radius 3 is 2.96 bits per heavy atom. The largest absolute Gasteiger partial charge is 0.491 e. The molecule has 0 aliphatic carbocycles. The van der Waals surface area contributed by atoms with Gasteiger partial charge >= 0.3 is 5.97 Å². The third-order valence-electron chi connectivity index (χ3n) is 3.56. The number of carbonyl (C=O) groups is 2. The molecule has 1 saturated heterocycles. The molecule has 3 rings (SSSR count). The molecule has 0 spiro atoms. The predicted molar refractivity (Wildman–Crippen MR) is 91.9 cm³/mol. The van der Waals surface area contributed by atoms with Gasteiger partial charge in [-0.15, -0.1) is 11.3 Å². The molecule has 7 nitrogen and oxygen atoms in total. The molecule has 1 aromatic heterocycles. The maximum Gasteiger partial charge on any atom is 0.338 e. The molecule has 2 aromatic rings. The lowest BCUT2D eigenvalue weighted by Gasteiger charge is -2.23. The molecule has 1 atom stereocenters. The van der Waals surface area contributed by atoms with E-state index in [0.717, 1.165) is 15.4 Å². The first-order valence-corrected chi connectivity index (χ1v) is 8.53. The van der Waals surface area contributed by atoms with Crippen LogP contribution in [0.15, 0.2) is 24.4 Å². The smallest absolute Gasteiger partial charge is 0.338 e. The van der Waals surface area contributed by atoms with Crippen LogP contribution in [0.5, 0.6) is 5.75 Å². The Hall–Kier alpha value is -2.45. The second-order valence-electron chi connectivity index (χ2n) is 5.60. The molecule has 1 amide bonds. The van der Waals surface area contributed by atoms with Gasteiger partial charge in [-0.2, -0.15) is 0 Å². The first kappa shape index (κ1) is 17.4. The zero-order valence-electron chi connectivity index (χ0n) is 13.9. The first-order valence-electron chi connectivity index (χ1n) is 7.71. The van der Waals surface area contributed by atoms with Crippen LogP contribution in [0.2, 0.25) is 0 Å². The fourth-order valence-corrected chi connectivity index (χ4v) is 3.17. The third-order valence-corrected chi connectivity index (χ3v) is 4.53. The Morgan fingerprint density at radius 1 is 1.44 bits per heavy atom. The predicted octanol–water partition coefficient (Wildman–Crippen LogP) is 1.80. The van der Waals surface area contributed by atoms with Crippen LogP contribution in [-0.4, -0.2) is 49.8 Å². The highest BCUT2D eigenvalue weighted by Crippen LogP contribution is 2.29. The zero-order chi connectivity index (χ0) is 17.8. The van der Waals surface area contributed by atoms with E-state index in [0.29, 0.717) is 17.9 Å². The number of nitrogens with one attached hydrogen (secondary N) is 1. The first-order chi connectivity index (χ1) is 12.0. The normalized spacial score (nSPS) is 17.0. The minimum Gasteiger partial charge on any atom is -0.491 e. The Morgan fingerprint density at radius 2 is 2.28 bits per heavy atom. The highest BCUT2D eigenvalue weighted by atomic mass is 32.1. The molecule has 132 valence electrons. The Bertz CT molecular complexity index is 789. The van der Waals surface area contributed by atoms with Gasteiger partial charge in [0, 0.05) is 16.6 Å². The second kappa shape index (κ2) is 7.62. The van der Waals surface area contributed by atoms with E-state index in [1.807, 2.05) is 13.0 Å². The number of thiazole rings is 1. The minimum absolute atomic E-state index is 0.0713. The molecule has 1 aliphatic rings. The number of morpholine rings is 1. The van der Waals surface area contributed by atoms with E-state index < -0.39 is 5.97 Å². The molecular weight excluding hydrogens is 344 g/mol. The maximum absolute atomic E-state index is 11.9. The summed E-state index contributed by atoms with van der Waals surface area (Å²) >= 11 is 1.53. The summed E-state index contributed by atoms with van der Waals surface area (Å²) in [7, 11) is 1.33. The second-order valence-corrected chi connectivity index (χ2v) is 6.84. The van der Waals surface area contributed by atoms with Crippen molar-refractivity contribution in [1.29, 1.82) is 0 Å². The number of ether oxygens (including phenoxy) is 3. The van der Waals surface area contributed by atoms with Crippen molar-refractivity contribution >= 4 is 23.2 Å². The van der Waals surface area contributed by atoms with Gasteiger partial charge in [0.15, 0.2) is 0 Å². The van der Waals surface area contributed by atoms with Crippen LogP contribution in [0.25, 0.3) is 10.6 Å². The molecule has 1 fully saturated rings. The fraction of sp³-hybridized carbons (Fsp3) is 0.353. The molecule has 0 saturated carbocycles. The van der Waals surface area contributed by atoms with Crippen LogP contribution in [0.3, 0.4) is 0 Å². The molecule has 8 heteroatoms. The van der Waals surface area contributed by atoms with Crippen molar-refractivity contribution < 1.29 is 23.8 Å². The Labute approximate surface area is 148 Å². The minimum atomic E-state index is -0.450. The van der Waals surface area contributed by atoms with Crippen LogP contribution in [0.4, 0.5) is 0 Å². The van der Waals surface area contributed by atoms with Crippen molar-refractivity contribution in [1.82, 2.24) is 10.3 Å². The summed E-state index contributed by atoms with van der Waals surface area (Å²) in [6.45, 7) is 2.67. The van der Waals surface area contributed by atoms with Crippen LogP contribution >= 0.6 is 11.3 Å². The van der Waals surface area contributed by atoms with Crippen LogP contribution < -0.4 is 10.1 Å². The summed E-state index contributed by atoms with van der Waals surface area (Å²) in [5.41, 5.74) is 1.16. The highest BCUT2D eigenvalue weighted by Gasteiger charge is 2.20. The number of rotatable bonds is 5. The molecule has 2 heterocycles. The van der Waals surface area contributed by atoms with Crippen molar-refractivity contribution in [3.05, 3.63) is 34.8 Å². The number of benzene rings is 1. The molecule has 0 unspecified atom stereocenters. The van der Waals surface area contributed by atoms with Crippen molar-refractivity contribution in [3.8, 4) is 16.3 Å². The average molecular weight is 362 g/mol. The number of nitrogens with zero attached hydrogens (tertiary/aromatic N) is 1. The monoisotopic (exact) mass is 362 g/mol. The van der Waals surface area contributed by atoms with Crippen molar-refractivity contribution in [3.63, 3.8) is 0 Å². The molecular formula is C17H18N2O5S. The number of hydrogen-bond acceptors (Lipinski definition) is 7. The van der Waals surface area contributed by atoms with Crippen LogP contribution in [0, 0.1) is 6.92 Å². The average Bonchev–Trinajstić information content (AvgIpc) is 3.05. The summed E-state index contributed by atoms with van der Waals surface area (Å²) in [5, 5.41) is 3.59. The lowest BCUT2D eigenvalue weighted by atomic mass is 10.1. The van der Waals surface area contributed by atoms with E-state index >= 15 is 0 Å². The van der Waals surface area contributed by atoms with E-state index in [1.54, 1.807) is 18.3 Å². The lowest BCUT2D eigenvalue weighted by Crippen LogP contribution is -2.48. The van der Waals surface area contributed by atoms with E-state index in [2.05, 4.69) is 10.3 Å². The quantitative estimate of drug-likeness (QED) is 0.816. The number of amides is 1. The summed E-state index contributed by atoms with van der Waals surface area (Å²) < 4.78 is 15.8. The maximum atomic E-state index is 11.9. The number of methoxy groups -OCH3 is 1. The van der Waals surface area contributed by atoms with Gasteiger partial charge in [0.25, 0.3) is 0 Å². The summed E-state index contributed by atoms with van der Waals surface area (Å²) in [4.78, 5) is 28.7. The van der Waals surface area contributed by atoms with Gasteiger partial charge in [0.05, 0.1) is 25.3 Å². The third kappa shape index (κ3) is 4.34. The fourth-order valence-electron chi connectivity index (χ4n) is 2.42. The lowest BCUT2D eigenvalue weighted by molar-refractivity contribution is -0.131. The van der Waals surface area contributed by atoms with Gasteiger partial charge < -0.3 is 19.5 Å². The van der Waals surface area contributed by atoms with E-state index in [9.17, 15) is 9.59 Å². The van der Waals surface area contributed by atoms with Gasteiger partial charge in [-0.05, 0) is 25.1 Å². The van der Waals surface area contributed by atoms with Gasteiger partial charge in [-0.25, -0.2) is 9.78 Å². The number of aryl methyl sites for hydroxylation is 1.